The average Bonchev–Trinajstić information content (AvgIpc) is 1.75. The molecule has 2 aromatic heterocycles. The molecule has 0 radical (unpaired) electrons. The number of aromatic nitrogens is 2. The number of phenols is 1. The van der Waals surface area contributed by atoms with Gasteiger partial charge in [-0.25, -0.2) is 0 Å². The van der Waals surface area contributed by atoms with Crippen LogP contribution in [0.25, 0.3) is 21.8 Å². The number of hydrogen-bond acceptors (Lipinski definition) is 26. The first-order chi connectivity index (χ1) is 68.7. The highest BCUT2D eigenvalue weighted by atomic mass is 32.2. The minimum atomic E-state index is -1.86. The van der Waals surface area contributed by atoms with Gasteiger partial charge in [-0.3, -0.25) is 95.9 Å². The van der Waals surface area contributed by atoms with Gasteiger partial charge in [-0.2, -0.15) is 0 Å². The summed E-state index contributed by atoms with van der Waals surface area (Å²) in [5.74, 6) is -20.1. The number of nitrogens with zero attached hydrogens (tertiary/aromatic N) is 6. The molecule has 9 rings (SSSR count). The Balaban J connectivity index is 1.14. The fraction of sp³-hybridized carbons (Fsp3) is 0.556. The zero-order chi connectivity index (χ0) is 107. The third kappa shape index (κ3) is 31.2. The molecule has 4 aromatic carbocycles. The van der Waals surface area contributed by atoms with E-state index in [1.807, 2.05) is 13.8 Å². The van der Waals surface area contributed by atoms with Crippen molar-refractivity contribution in [3.63, 3.8) is 0 Å². The van der Waals surface area contributed by atoms with Crippen molar-refractivity contribution in [1.82, 2.24) is 87.2 Å². The SMILES string of the molecule is CCCC[C@H]1C(=O)N(C)[C@@H](CCCC)C(=O)N[C@@H](CC(C)C)C(=O)N[C@H](C(=O)NCC(N)=O)CSCC(=O)N[C@@H](Cc2ccc(O)cc2)C(=O)N(C)[C@@H](C)C(=O)N[C@@H](CC(N)=O)C(=O)N2CCC[C@H]2C(=O)N[C@@H](CNc2c(OC(C)C)c(=O)c2=O)C(=O)N[C@@H](CC(C)C)C(=O)N2C[C@H](O)C[C@H]2C(=O)N[C@@H](Cc2c[nH]c3ccccc23)C(=O)N[C@@H](CCCN)C(=O)N[C@@H](Cc2cn(CC(=O)O)c3ccccc23)C(=O)N1C. The van der Waals surface area contributed by atoms with E-state index in [2.05, 4.69) is 63.5 Å². The van der Waals surface area contributed by atoms with Crippen LogP contribution >= 0.6 is 11.8 Å². The van der Waals surface area contributed by atoms with Crippen molar-refractivity contribution in [3.8, 4) is 11.5 Å². The van der Waals surface area contributed by atoms with Crippen molar-refractivity contribution in [2.24, 2.45) is 29.0 Å². The highest BCUT2D eigenvalue weighted by molar-refractivity contribution is 8.00. The third-order valence-corrected chi connectivity index (χ3v) is 26.8. The lowest BCUT2D eigenvalue weighted by Gasteiger charge is -2.36. The van der Waals surface area contributed by atoms with Gasteiger partial charge in [0.2, 0.25) is 100 Å². The highest BCUT2D eigenvalue weighted by Gasteiger charge is 2.47. The number of carboxylic acid groups (broad SMARTS) is 1. The van der Waals surface area contributed by atoms with E-state index in [9.17, 15) is 63.3 Å². The number of aliphatic hydroxyl groups excluding tert-OH is 1. The van der Waals surface area contributed by atoms with Crippen molar-refractivity contribution in [3.05, 3.63) is 122 Å². The number of aromatic hydroxyl groups is 1. The number of anilines is 1. The average molecular weight is 2040 g/mol. The maximum Gasteiger partial charge on any atom is 0.323 e. The number of thioether (sulfide) groups is 1. The van der Waals surface area contributed by atoms with Gasteiger partial charge in [0.05, 0.1) is 30.9 Å². The molecular formula is C99H139N21O24S. The number of para-hydroxylation sites is 2. The van der Waals surface area contributed by atoms with Gasteiger partial charge in [-0.1, -0.05) is 116 Å². The molecule has 0 spiro atoms. The Kier molecular flexibility index (Phi) is 42.3. The van der Waals surface area contributed by atoms with Gasteiger partial charge >= 0.3 is 5.97 Å². The number of nitrogens with one attached hydrogen (secondary N) is 12. The lowest BCUT2D eigenvalue weighted by atomic mass is 9.99. The molecule has 17 amide bonds. The number of unbranched alkanes of at least 4 members (excludes halogenated alkanes) is 2. The van der Waals surface area contributed by atoms with E-state index in [0.717, 1.165) is 36.3 Å². The first-order valence-corrected chi connectivity index (χ1v) is 50.2. The van der Waals surface area contributed by atoms with Gasteiger partial charge < -0.3 is 130 Å². The van der Waals surface area contributed by atoms with Gasteiger partial charge in [-0.05, 0) is 131 Å². The predicted molar refractivity (Wildman–Crippen MR) is 536 cm³/mol. The van der Waals surface area contributed by atoms with E-state index < -0.39 is 276 Å². The number of carbonyl (C=O) groups is 18. The lowest BCUT2D eigenvalue weighted by molar-refractivity contribution is -0.149. The fourth-order valence-corrected chi connectivity index (χ4v) is 18.9. The van der Waals surface area contributed by atoms with Crippen LogP contribution in [0.5, 0.6) is 11.5 Å². The number of aliphatic hydroxyl groups is 1. The number of carbonyl (C=O) groups excluding carboxylic acids is 17. The number of primary amides is 2. The van der Waals surface area contributed by atoms with Crippen molar-refractivity contribution in [2.75, 3.05) is 70.7 Å². The van der Waals surface area contributed by atoms with E-state index in [4.69, 9.17) is 21.9 Å². The largest absolute Gasteiger partial charge is 0.508 e. The van der Waals surface area contributed by atoms with Crippen LogP contribution in [0.2, 0.25) is 0 Å². The minimum absolute atomic E-state index is 0.0114. The Bertz CT molecular complexity index is 5740. The number of benzene rings is 3. The summed E-state index contributed by atoms with van der Waals surface area (Å²) in [5.41, 5.74) is 17.2. The normalized spacial score (nSPS) is 24.0. The molecule has 145 heavy (non-hydrogen) atoms. The maximum absolute atomic E-state index is 16.1. The number of H-pyrrole nitrogens is 1. The maximum atomic E-state index is 16.1. The summed E-state index contributed by atoms with van der Waals surface area (Å²) in [6.07, 6.45) is -0.257. The molecule has 0 aliphatic carbocycles. The molecule has 3 fully saturated rings. The van der Waals surface area contributed by atoms with Crippen molar-refractivity contribution in [1.29, 1.82) is 0 Å². The zero-order valence-electron chi connectivity index (χ0n) is 83.9. The Morgan fingerprint density at radius 2 is 1.11 bits per heavy atom. The molecule has 15 atom stereocenters. The number of carboxylic acids is 1. The third-order valence-electron chi connectivity index (χ3n) is 25.8. The van der Waals surface area contributed by atoms with Crippen LogP contribution < -0.4 is 91.3 Å². The molecule has 3 aliphatic rings. The molecule has 21 N–H and O–H groups in total. The van der Waals surface area contributed by atoms with E-state index in [1.54, 1.807) is 96.3 Å². The number of ether oxygens (including phenoxy) is 1. The van der Waals surface area contributed by atoms with Crippen molar-refractivity contribution >= 4 is 146 Å². The summed E-state index contributed by atoms with van der Waals surface area (Å²) < 4.78 is 7.08. The number of aromatic amines is 1. The van der Waals surface area contributed by atoms with Gasteiger partial charge in [0.25, 0.3) is 10.9 Å². The molecule has 3 saturated heterocycles. The molecular weight excluding hydrogens is 1900 g/mol. The summed E-state index contributed by atoms with van der Waals surface area (Å²) in [4.78, 5) is 301. The molecule has 0 saturated carbocycles. The monoisotopic (exact) mass is 2040 g/mol. The van der Waals surface area contributed by atoms with Crippen LogP contribution in [-0.4, -0.2) is 318 Å². The van der Waals surface area contributed by atoms with Gasteiger partial charge in [-0.15, -0.1) is 11.8 Å². The predicted octanol–water partition coefficient (Wildman–Crippen LogP) is -1.31. The number of hydrogen-bond donors (Lipinski definition) is 18. The fourth-order valence-electron chi connectivity index (χ4n) is 18.0. The van der Waals surface area contributed by atoms with Crippen LogP contribution in [-0.2, 0) is 112 Å². The molecule has 790 valence electrons. The molecule has 46 heteroatoms. The number of amides is 17. The van der Waals surface area contributed by atoms with Crippen molar-refractivity contribution in [2.45, 2.75) is 275 Å². The van der Waals surface area contributed by atoms with E-state index in [-0.39, 0.29) is 101 Å². The highest BCUT2D eigenvalue weighted by Crippen LogP contribution is 2.30. The van der Waals surface area contributed by atoms with E-state index in [1.165, 1.54) is 63.1 Å². The van der Waals surface area contributed by atoms with Crippen molar-refractivity contribution < 1.29 is 106 Å². The second kappa shape index (κ2) is 53.5. The van der Waals surface area contributed by atoms with Crippen LogP contribution in [0.4, 0.5) is 5.69 Å². The Labute approximate surface area is 843 Å². The quantitative estimate of drug-likeness (QED) is 0.0225. The Morgan fingerprint density at radius 1 is 0.552 bits per heavy atom. The zero-order valence-corrected chi connectivity index (χ0v) is 84.7. The van der Waals surface area contributed by atoms with Gasteiger partial charge in [0.1, 0.15) is 103 Å². The smallest absolute Gasteiger partial charge is 0.323 e. The molecule has 5 heterocycles. The molecule has 45 nitrogen and oxygen atoms in total. The van der Waals surface area contributed by atoms with Gasteiger partial charge in [0, 0.05) is 106 Å². The summed E-state index contributed by atoms with van der Waals surface area (Å²) in [6.45, 7) is 12.2. The van der Waals surface area contributed by atoms with Crippen LogP contribution in [0.15, 0.2) is 94.8 Å². The summed E-state index contributed by atoms with van der Waals surface area (Å²) in [5, 5.41) is 62.6. The summed E-state index contributed by atoms with van der Waals surface area (Å²) in [6, 6.07) is -3.21. The number of rotatable bonds is 31. The van der Waals surface area contributed by atoms with E-state index in [0.29, 0.717) is 64.2 Å². The second-order valence-corrected chi connectivity index (χ2v) is 39.4. The molecule has 3 aliphatic heterocycles. The second-order valence-electron chi connectivity index (χ2n) is 38.3. The first-order valence-electron chi connectivity index (χ1n) is 49.0. The number of phenolic OH excluding ortho intramolecular Hbond substituents is 1. The molecule has 0 bridgehead atoms. The van der Waals surface area contributed by atoms with Gasteiger partial charge in [0.15, 0.2) is 5.75 Å². The number of fused-ring (bicyclic) bond motifs is 4. The number of nitrogens with two attached hydrogens (primary N) is 3. The number of aliphatic carboxylic acids is 1. The molecule has 0 unspecified atom stereocenters. The standard InChI is InChI=1S/C99H139N21O24S/c1-13-15-27-74-92(136)108-65(37-52(3)4)89(133)114-72(87(131)105-46-79(102)124)50-145-51-80(125)106-68(39-56-31-33-59(121)34-32-56)95(139)115(10)55(9)86(130)110-70(43-78(101)123)97(141)119-36-22-30-75(119)93(137)113-71(45-104-82-83(128)84(129)85(82)144-54(7)8)91(135)111-67(38-53(5)6)98(142)120-48-60(122)42-77(120)94(138)109-66(40-57-44-103-63-25-19-17-23-61(57)63)90(134)107-64(26-21-35-100)88(132)112-69(96(140)117(12)76(28-16-14-2)99(143)116(74)11)41-58-47-118(49-81(126)127)73-29-20-18-24-62(58)73/h17-20,23-25,29,31-34,44,47,52-55,60,64-72,74-77,103-104,121-122H,13-16,21-22,26-28,30,35-43,45-46,48-51,100H2,1-12H3,(H2,101,123)(H2,102,124)(H,105,131)(H,106,125)(H,107,134)(H,108,136)(H,109,138)(H,110,130)(H,111,135)(H,112,132)(H,113,137)(H,114,133)(H,126,127)/t55-,60+,64-,65-,66-,67-,68-,69-,70-,71-,72-,74-,75-,76-,77-/m0/s1. The topological polar surface area (TPSA) is 659 Å². The van der Waals surface area contributed by atoms with Crippen LogP contribution in [0, 0.1) is 11.8 Å². The van der Waals surface area contributed by atoms with Crippen LogP contribution in [0.1, 0.15) is 169 Å². The lowest BCUT2D eigenvalue weighted by Crippen LogP contribution is -2.61. The Hall–Kier alpha value is -14.1. The van der Waals surface area contributed by atoms with Crippen LogP contribution in [0.3, 0.4) is 0 Å². The minimum Gasteiger partial charge on any atom is -0.508 e. The first kappa shape index (κ1) is 115. The summed E-state index contributed by atoms with van der Waals surface area (Å²) >= 11 is 0.768. The number of likely N-dealkylation sites (N-methyl/N-ethyl adjacent to an activating group) is 3. The molecule has 6 aromatic rings. The van der Waals surface area contributed by atoms with E-state index >= 15 is 47.9 Å². The Morgan fingerprint density at radius 3 is 1.76 bits per heavy atom. The summed E-state index contributed by atoms with van der Waals surface area (Å²) in [7, 11) is 3.88.